The van der Waals surface area contributed by atoms with Crippen molar-refractivity contribution in [2.24, 2.45) is 11.8 Å². The van der Waals surface area contributed by atoms with Crippen molar-refractivity contribution in [2.75, 3.05) is 27.3 Å². The topological polar surface area (TPSA) is 135 Å². The van der Waals surface area contributed by atoms with Crippen LogP contribution in [0.15, 0.2) is 12.2 Å². The molecule has 160 valence electrons. The molecule has 4 amide bonds. The summed E-state index contributed by atoms with van der Waals surface area (Å²) in [5.74, 6) is -1.38. The Morgan fingerprint density at radius 1 is 0.714 bits per heavy atom. The zero-order valence-electron chi connectivity index (χ0n) is 17.3. The van der Waals surface area contributed by atoms with Gasteiger partial charge in [-0.3, -0.25) is 0 Å². The van der Waals surface area contributed by atoms with Gasteiger partial charge in [-0.2, -0.15) is 0 Å². The predicted octanol–water partition coefficient (Wildman–Crippen LogP) is 0.536. The molecule has 28 heavy (non-hydrogen) atoms. The minimum absolute atomic E-state index is 0.0330. The Morgan fingerprint density at radius 2 is 1.04 bits per heavy atom. The lowest BCUT2D eigenvalue weighted by Crippen LogP contribution is -2.46. The number of urea groups is 2. The summed E-state index contributed by atoms with van der Waals surface area (Å²) in [6, 6.07) is -1.49. The molecule has 0 spiro atoms. The zero-order valence-corrected chi connectivity index (χ0v) is 17.3. The quantitative estimate of drug-likeness (QED) is 0.312. The number of esters is 2. The van der Waals surface area contributed by atoms with Gasteiger partial charge in [-0.1, -0.05) is 27.7 Å². The summed E-state index contributed by atoms with van der Waals surface area (Å²) in [7, 11) is 2.97. The fraction of sp³-hybridized carbons (Fsp3) is 0.667. The van der Waals surface area contributed by atoms with Gasteiger partial charge in [0.1, 0.15) is 13.2 Å². The maximum atomic E-state index is 11.8. The van der Waals surface area contributed by atoms with Crippen molar-refractivity contribution < 1.29 is 28.7 Å². The first-order valence-electron chi connectivity index (χ1n) is 9.08. The predicted molar refractivity (Wildman–Crippen MR) is 103 cm³/mol. The standard InChI is InChI=1S/C18H32N4O6/c1-11(2)13(21-17(25)19-5)9-27-15(23)7-8-16(24)28-10-14(12(3)4)22-18(26)20-6/h7-8,11-14H,9-10H2,1-6H3,(H2,19,21,25)(H2,20,22,26)/b8-7+/t13-,14-/m0/s1. The van der Waals surface area contributed by atoms with Crippen LogP contribution in [0.1, 0.15) is 27.7 Å². The highest BCUT2D eigenvalue weighted by Gasteiger charge is 2.18. The number of carbonyl (C=O) groups is 4. The normalized spacial score (nSPS) is 13.0. The lowest BCUT2D eigenvalue weighted by atomic mass is 10.1. The van der Waals surface area contributed by atoms with Gasteiger partial charge in [0.05, 0.1) is 12.1 Å². The van der Waals surface area contributed by atoms with Gasteiger partial charge in [0, 0.05) is 26.2 Å². The molecule has 0 aromatic rings. The van der Waals surface area contributed by atoms with Crippen LogP contribution in [0.4, 0.5) is 9.59 Å². The van der Waals surface area contributed by atoms with Gasteiger partial charge < -0.3 is 30.7 Å². The molecule has 0 saturated heterocycles. The monoisotopic (exact) mass is 400 g/mol. The number of amides is 4. The Hall–Kier alpha value is -2.78. The number of hydrogen-bond acceptors (Lipinski definition) is 6. The van der Waals surface area contributed by atoms with E-state index in [1.807, 2.05) is 27.7 Å². The van der Waals surface area contributed by atoms with Crippen molar-refractivity contribution >= 4 is 24.0 Å². The van der Waals surface area contributed by atoms with Gasteiger partial charge >= 0.3 is 24.0 Å². The van der Waals surface area contributed by atoms with E-state index in [0.717, 1.165) is 12.2 Å². The minimum Gasteiger partial charge on any atom is -0.460 e. The Morgan fingerprint density at radius 3 is 1.29 bits per heavy atom. The molecule has 0 aliphatic heterocycles. The summed E-state index contributed by atoms with van der Waals surface area (Å²) >= 11 is 0. The Labute approximate surface area is 165 Å². The molecule has 10 nitrogen and oxygen atoms in total. The molecule has 2 atom stereocenters. The molecule has 0 radical (unpaired) electrons. The van der Waals surface area contributed by atoms with Gasteiger partial charge in [-0.25, -0.2) is 19.2 Å². The third kappa shape index (κ3) is 11.0. The zero-order chi connectivity index (χ0) is 21.7. The van der Waals surface area contributed by atoms with Crippen LogP contribution < -0.4 is 21.3 Å². The molecule has 10 heteroatoms. The van der Waals surface area contributed by atoms with Gasteiger partial charge in [0.2, 0.25) is 0 Å². The van der Waals surface area contributed by atoms with Crippen molar-refractivity contribution in [1.82, 2.24) is 21.3 Å². The third-order valence-corrected chi connectivity index (χ3v) is 3.86. The molecule has 0 heterocycles. The van der Waals surface area contributed by atoms with E-state index in [1.54, 1.807) is 0 Å². The van der Waals surface area contributed by atoms with E-state index < -0.39 is 11.9 Å². The van der Waals surface area contributed by atoms with Crippen molar-refractivity contribution in [3.63, 3.8) is 0 Å². The molecule has 0 aromatic carbocycles. The molecule has 0 unspecified atom stereocenters. The second-order valence-corrected chi connectivity index (χ2v) is 6.74. The lowest BCUT2D eigenvalue weighted by Gasteiger charge is -2.21. The SMILES string of the molecule is CNC(=O)N[C@@H](COC(=O)/C=C/C(=O)OC[C@H](NC(=O)NC)C(C)C)C(C)C. The highest BCUT2D eigenvalue weighted by molar-refractivity contribution is 5.91. The van der Waals surface area contributed by atoms with Crippen LogP contribution in [0.3, 0.4) is 0 Å². The number of nitrogens with one attached hydrogen (secondary N) is 4. The first-order chi connectivity index (χ1) is 13.1. The Balaban J connectivity index is 4.46. The van der Waals surface area contributed by atoms with Crippen molar-refractivity contribution in [1.29, 1.82) is 0 Å². The second kappa shape index (κ2) is 13.4. The van der Waals surface area contributed by atoms with Crippen LogP contribution in [0.2, 0.25) is 0 Å². The van der Waals surface area contributed by atoms with E-state index in [4.69, 9.17) is 9.47 Å². The van der Waals surface area contributed by atoms with Gasteiger partial charge in [0.15, 0.2) is 0 Å². The summed E-state index contributed by atoms with van der Waals surface area (Å²) in [6.45, 7) is 7.43. The highest BCUT2D eigenvalue weighted by Crippen LogP contribution is 2.04. The first kappa shape index (κ1) is 25.2. The molecular weight excluding hydrogens is 368 g/mol. The van der Waals surface area contributed by atoms with Crippen LogP contribution in [0.5, 0.6) is 0 Å². The molecule has 4 N–H and O–H groups in total. The number of rotatable bonds is 10. The van der Waals surface area contributed by atoms with E-state index in [2.05, 4.69) is 21.3 Å². The molecule has 0 saturated carbocycles. The fourth-order valence-electron chi connectivity index (χ4n) is 1.86. The first-order valence-corrected chi connectivity index (χ1v) is 9.08. The number of carbonyl (C=O) groups excluding carboxylic acids is 4. The maximum absolute atomic E-state index is 11.8. The van der Waals surface area contributed by atoms with Crippen molar-refractivity contribution in [2.45, 2.75) is 39.8 Å². The third-order valence-electron chi connectivity index (χ3n) is 3.86. The molecular formula is C18H32N4O6. The Kier molecular flexibility index (Phi) is 12.1. The van der Waals surface area contributed by atoms with Crippen molar-refractivity contribution in [3.8, 4) is 0 Å². The van der Waals surface area contributed by atoms with Crippen LogP contribution in [0, 0.1) is 11.8 Å². The number of ether oxygens (including phenoxy) is 2. The largest absolute Gasteiger partial charge is 0.460 e. The average molecular weight is 400 g/mol. The van der Waals surface area contributed by atoms with Crippen LogP contribution in [-0.4, -0.2) is 63.4 Å². The van der Waals surface area contributed by atoms with Gasteiger partial charge in [0.25, 0.3) is 0 Å². The highest BCUT2D eigenvalue weighted by atomic mass is 16.5. The average Bonchev–Trinajstić information content (AvgIpc) is 2.65. The summed E-state index contributed by atoms with van der Waals surface area (Å²) in [5, 5.41) is 10.2. The van der Waals surface area contributed by atoms with Gasteiger partial charge in [-0.15, -0.1) is 0 Å². The molecule has 0 rings (SSSR count). The molecule has 0 aliphatic rings. The molecule has 0 aliphatic carbocycles. The minimum atomic E-state index is -0.731. The summed E-state index contributed by atoms with van der Waals surface area (Å²) in [5.41, 5.74) is 0. The van der Waals surface area contributed by atoms with Crippen LogP contribution in [-0.2, 0) is 19.1 Å². The van der Waals surface area contributed by atoms with E-state index in [9.17, 15) is 19.2 Å². The summed E-state index contributed by atoms with van der Waals surface area (Å²) < 4.78 is 10.1. The lowest BCUT2D eigenvalue weighted by molar-refractivity contribution is -0.141. The van der Waals surface area contributed by atoms with E-state index >= 15 is 0 Å². The van der Waals surface area contributed by atoms with Crippen LogP contribution >= 0.6 is 0 Å². The van der Waals surface area contributed by atoms with E-state index in [0.29, 0.717) is 0 Å². The Bertz CT molecular complexity index is 514. The second-order valence-electron chi connectivity index (χ2n) is 6.74. The molecule has 0 aromatic heterocycles. The van der Waals surface area contributed by atoms with E-state index in [-0.39, 0.29) is 49.2 Å². The fourth-order valence-corrected chi connectivity index (χ4v) is 1.86. The smallest absolute Gasteiger partial charge is 0.331 e. The number of hydrogen-bond donors (Lipinski definition) is 4. The maximum Gasteiger partial charge on any atom is 0.331 e. The molecule has 0 bridgehead atoms. The van der Waals surface area contributed by atoms with Crippen LogP contribution in [0.25, 0.3) is 0 Å². The molecule has 0 fully saturated rings. The summed E-state index contributed by atoms with van der Waals surface area (Å²) in [4.78, 5) is 46.3. The van der Waals surface area contributed by atoms with E-state index in [1.165, 1.54) is 14.1 Å². The van der Waals surface area contributed by atoms with Gasteiger partial charge in [-0.05, 0) is 11.8 Å². The van der Waals surface area contributed by atoms with Crippen molar-refractivity contribution in [3.05, 3.63) is 12.2 Å². The summed E-state index contributed by atoms with van der Waals surface area (Å²) in [6.07, 6.45) is 1.91.